The van der Waals surface area contributed by atoms with E-state index < -0.39 is 0 Å². The highest BCUT2D eigenvalue weighted by Gasteiger charge is 2.02. The maximum absolute atomic E-state index is 5.23. The van der Waals surface area contributed by atoms with E-state index in [2.05, 4.69) is 46.3 Å². The molecule has 17 heavy (non-hydrogen) atoms. The fourth-order valence-corrected chi connectivity index (χ4v) is 1.52. The van der Waals surface area contributed by atoms with Crippen LogP contribution in [0.3, 0.4) is 0 Å². The predicted molar refractivity (Wildman–Crippen MR) is 69.3 cm³/mol. The normalized spacial score (nSPS) is 11.2. The Morgan fingerprint density at radius 3 is 2.47 bits per heavy atom. The van der Waals surface area contributed by atoms with Crippen molar-refractivity contribution in [2.24, 2.45) is 5.84 Å². The molecule has 0 atom stereocenters. The summed E-state index contributed by atoms with van der Waals surface area (Å²) in [5.74, 6) is 5.81. The van der Waals surface area contributed by atoms with Crippen molar-refractivity contribution in [1.82, 2.24) is 19.8 Å². The average molecular weight is 238 g/mol. The van der Waals surface area contributed by atoms with Crippen LogP contribution in [0, 0.1) is 0 Å². The van der Waals surface area contributed by atoms with E-state index in [1.807, 2.05) is 0 Å². The lowest BCUT2D eigenvalue weighted by atomic mass is 10.3. The van der Waals surface area contributed by atoms with Crippen molar-refractivity contribution in [3.8, 4) is 0 Å². The van der Waals surface area contributed by atoms with E-state index in [9.17, 15) is 0 Å². The van der Waals surface area contributed by atoms with Crippen LogP contribution in [-0.2, 0) is 6.54 Å². The standard InChI is InChI=1S/C11H22N6/c1-16(2)5-4-6-17(3)9-10-7-14-11(15-12)8-13-10/h7-8H,4-6,9,12H2,1-3H3,(H,14,15). The minimum Gasteiger partial charge on any atom is -0.309 e. The monoisotopic (exact) mass is 238 g/mol. The van der Waals surface area contributed by atoms with Crippen LogP contribution in [0.2, 0.25) is 0 Å². The summed E-state index contributed by atoms with van der Waals surface area (Å²) in [6.07, 6.45) is 4.54. The molecule has 0 spiro atoms. The Morgan fingerprint density at radius 2 is 1.94 bits per heavy atom. The molecule has 1 aromatic rings. The van der Waals surface area contributed by atoms with Gasteiger partial charge in [-0.3, -0.25) is 4.98 Å². The molecule has 3 N–H and O–H groups in total. The maximum atomic E-state index is 5.23. The summed E-state index contributed by atoms with van der Waals surface area (Å²) < 4.78 is 0. The second-order valence-corrected chi connectivity index (χ2v) is 4.43. The number of anilines is 1. The van der Waals surface area contributed by atoms with Gasteiger partial charge in [0.2, 0.25) is 0 Å². The number of nitrogens with one attached hydrogen (secondary N) is 1. The Morgan fingerprint density at radius 1 is 1.18 bits per heavy atom. The Balaban J connectivity index is 2.31. The number of hydrogen-bond donors (Lipinski definition) is 2. The van der Waals surface area contributed by atoms with E-state index in [0.717, 1.165) is 31.7 Å². The zero-order valence-electron chi connectivity index (χ0n) is 10.8. The number of rotatable bonds is 7. The first-order chi connectivity index (χ1) is 8.11. The Kier molecular flexibility index (Phi) is 5.82. The third-order valence-electron chi connectivity index (χ3n) is 2.43. The van der Waals surface area contributed by atoms with Crippen molar-refractivity contribution < 1.29 is 0 Å². The third kappa shape index (κ3) is 5.58. The highest BCUT2D eigenvalue weighted by atomic mass is 15.3. The Labute approximate surface area is 103 Å². The van der Waals surface area contributed by atoms with Gasteiger partial charge in [-0.15, -0.1) is 0 Å². The predicted octanol–water partition coefficient (Wildman–Crippen LogP) is 0.146. The van der Waals surface area contributed by atoms with Gasteiger partial charge in [0, 0.05) is 6.54 Å². The van der Waals surface area contributed by atoms with Crippen molar-refractivity contribution >= 4 is 5.82 Å². The SMILES string of the molecule is CN(C)CCCN(C)Cc1cnc(NN)cn1. The minimum atomic E-state index is 0.587. The molecule has 0 fully saturated rings. The molecule has 0 amide bonds. The summed E-state index contributed by atoms with van der Waals surface area (Å²) in [6, 6.07) is 0. The molecule has 0 aliphatic rings. The quantitative estimate of drug-likeness (QED) is 0.520. The van der Waals surface area contributed by atoms with E-state index in [1.54, 1.807) is 12.4 Å². The molecule has 1 aromatic heterocycles. The van der Waals surface area contributed by atoms with Gasteiger partial charge in [-0.2, -0.15) is 0 Å². The Bertz CT molecular complexity index is 310. The molecule has 6 nitrogen and oxygen atoms in total. The molecule has 0 aliphatic heterocycles. The summed E-state index contributed by atoms with van der Waals surface area (Å²) in [6.45, 7) is 2.97. The fourth-order valence-electron chi connectivity index (χ4n) is 1.52. The largest absolute Gasteiger partial charge is 0.309 e. The van der Waals surface area contributed by atoms with Crippen molar-refractivity contribution in [3.63, 3.8) is 0 Å². The van der Waals surface area contributed by atoms with Crippen LogP contribution < -0.4 is 11.3 Å². The smallest absolute Gasteiger partial charge is 0.158 e. The van der Waals surface area contributed by atoms with Gasteiger partial charge in [0.25, 0.3) is 0 Å². The van der Waals surface area contributed by atoms with Gasteiger partial charge in [-0.25, -0.2) is 10.8 Å². The van der Waals surface area contributed by atoms with Crippen molar-refractivity contribution in [2.45, 2.75) is 13.0 Å². The number of nitrogen functional groups attached to an aromatic ring is 1. The number of hydrazine groups is 1. The molecule has 96 valence electrons. The maximum Gasteiger partial charge on any atom is 0.158 e. The highest BCUT2D eigenvalue weighted by molar-refractivity contribution is 5.28. The van der Waals surface area contributed by atoms with Gasteiger partial charge in [-0.05, 0) is 40.7 Å². The van der Waals surface area contributed by atoms with Crippen molar-refractivity contribution in [1.29, 1.82) is 0 Å². The zero-order chi connectivity index (χ0) is 12.7. The summed E-state index contributed by atoms with van der Waals surface area (Å²) >= 11 is 0. The molecule has 1 rings (SSSR count). The number of nitrogens with zero attached hydrogens (tertiary/aromatic N) is 4. The van der Waals surface area contributed by atoms with Crippen LogP contribution in [0.25, 0.3) is 0 Å². The van der Waals surface area contributed by atoms with Crippen molar-refractivity contribution in [3.05, 3.63) is 18.1 Å². The summed E-state index contributed by atoms with van der Waals surface area (Å²) in [5, 5.41) is 0. The molecule has 0 saturated heterocycles. The lowest BCUT2D eigenvalue weighted by Crippen LogP contribution is -2.24. The van der Waals surface area contributed by atoms with Crippen LogP contribution in [0.5, 0.6) is 0 Å². The number of nitrogens with two attached hydrogens (primary N) is 1. The van der Waals surface area contributed by atoms with E-state index in [0.29, 0.717) is 5.82 Å². The van der Waals surface area contributed by atoms with Crippen LogP contribution in [0.15, 0.2) is 12.4 Å². The van der Waals surface area contributed by atoms with E-state index in [-0.39, 0.29) is 0 Å². The summed E-state index contributed by atoms with van der Waals surface area (Å²) in [5.41, 5.74) is 3.42. The van der Waals surface area contributed by atoms with Crippen LogP contribution >= 0.6 is 0 Å². The van der Waals surface area contributed by atoms with E-state index in [1.165, 1.54) is 0 Å². The van der Waals surface area contributed by atoms with Gasteiger partial charge in [-0.1, -0.05) is 0 Å². The summed E-state index contributed by atoms with van der Waals surface area (Å²) in [7, 11) is 6.26. The van der Waals surface area contributed by atoms with Gasteiger partial charge >= 0.3 is 0 Å². The summed E-state index contributed by atoms with van der Waals surface area (Å²) in [4.78, 5) is 12.8. The third-order valence-corrected chi connectivity index (χ3v) is 2.43. The van der Waals surface area contributed by atoms with Crippen LogP contribution in [0.4, 0.5) is 5.82 Å². The van der Waals surface area contributed by atoms with Gasteiger partial charge in [0.05, 0.1) is 18.1 Å². The molecule has 0 saturated carbocycles. The number of aromatic nitrogens is 2. The first kappa shape index (κ1) is 13.8. The highest BCUT2D eigenvalue weighted by Crippen LogP contribution is 2.02. The zero-order valence-corrected chi connectivity index (χ0v) is 10.8. The van der Waals surface area contributed by atoms with Crippen molar-refractivity contribution in [2.75, 3.05) is 39.7 Å². The van der Waals surface area contributed by atoms with Crippen LogP contribution in [-0.4, -0.2) is 54.0 Å². The van der Waals surface area contributed by atoms with Gasteiger partial charge in [0.1, 0.15) is 0 Å². The lowest BCUT2D eigenvalue weighted by Gasteiger charge is -2.17. The molecule has 0 aromatic carbocycles. The van der Waals surface area contributed by atoms with Crippen LogP contribution in [0.1, 0.15) is 12.1 Å². The lowest BCUT2D eigenvalue weighted by molar-refractivity contribution is 0.291. The Hall–Kier alpha value is -1.24. The second kappa shape index (κ2) is 7.16. The first-order valence-corrected chi connectivity index (χ1v) is 5.72. The molecule has 6 heteroatoms. The van der Waals surface area contributed by atoms with Gasteiger partial charge in [0.15, 0.2) is 5.82 Å². The molecule has 0 unspecified atom stereocenters. The minimum absolute atomic E-state index is 0.587. The molecule has 1 heterocycles. The second-order valence-electron chi connectivity index (χ2n) is 4.43. The topological polar surface area (TPSA) is 70.3 Å². The number of hydrogen-bond acceptors (Lipinski definition) is 6. The van der Waals surface area contributed by atoms with E-state index in [4.69, 9.17) is 5.84 Å². The molecular formula is C11H22N6. The van der Waals surface area contributed by atoms with E-state index >= 15 is 0 Å². The first-order valence-electron chi connectivity index (χ1n) is 5.72. The molecule has 0 bridgehead atoms. The molecule has 0 radical (unpaired) electrons. The molecule has 0 aliphatic carbocycles. The average Bonchev–Trinajstić information content (AvgIpc) is 2.29. The molecular weight excluding hydrogens is 216 g/mol. The fraction of sp³-hybridized carbons (Fsp3) is 0.636. The van der Waals surface area contributed by atoms with Gasteiger partial charge < -0.3 is 15.2 Å².